The Balaban J connectivity index is 1.57. The Morgan fingerprint density at radius 2 is 1.62 bits per heavy atom. The molecular weight excluding hydrogens is 437 g/mol. The summed E-state index contributed by atoms with van der Waals surface area (Å²) in [4.78, 5) is 14.3. The number of rotatable bonds is 7. The van der Waals surface area contributed by atoms with Crippen molar-refractivity contribution in [2.45, 2.75) is 11.3 Å². The van der Waals surface area contributed by atoms with Crippen molar-refractivity contribution in [3.05, 3.63) is 52.5 Å². The molecular formula is C19H21Cl2N3O4S. The largest absolute Gasteiger partial charge is 0.379 e. The SMILES string of the molecule is O=C(CCN1CCOCC1)Nc1ccc(S(=O)(=O)Nc2cc(Cl)cc(Cl)c2)cc1. The van der Waals surface area contributed by atoms with Gasteiger partial charge in [0.15, 0.2) is 0 Å². The molecule has 29 heavy (non-hydrogen) atoms. The lowest BCUT2D eigenvalue weighted by atomic mass is 10.3. The Morgan fingerprint density at radius 3 is 2.24 bits per heavy atom. The van der Waals surface area contributed by atoms with Crippen molar-refractivity contribution in [3.63, 3.8) is 0 Å². The summed E-state index contributed by atoms with van der Waals surface area (Å²) < 4.78 is 32.8. The molecule has 2 aromatic carbocycles. The molecule has 0 unspecified atom stereocenters. The molecule has 0 saturated carbocycles. The first kappa shape index (κ1) is 21.9. The van der Waals surface area contributed by atoms with Crippen molar-refractivity contribution in [3.8, 4) is 0 Å². The smallest absolute Gasteiger partial charge is 0.261 e. The van der Waals surface area contributed by atoms with Gasteiger partial charge in [-0.2, -0.15) is 0 Å². The van der Waals surface area contributed by atoms with E-state index in [9.17, 15) is 13.2 Å². The molecule has 3 rings (SSSR count). The quantitative estimate of drug-likeness (QED) is 0.664. The topological polar surface area (TPSA) is 87.7 Å². The average Bonchev–Trinajstić information content (AvgIpc) is 2.66. The van der Waals surface area contributed by atoms with Gasteiger partial charge in [-0.1, -0.05) is 23.2 Å². The van der Waals surface area contributed by atoms with Gasteiger partial charge in [0, 0.05) is 41.8 Å². The summed E-state index contributed by atoms with van der Waals surface area (Å²) in [6.07, 6.45) is 0.358. The van der Waals surface area contributed by atoms with Crippen LogP contribution in [0.3, 0.4) is 0 Å². The number of carbonyl (C=O) groups excluding carboxylic acids is 1. The summed E-state index contributed by atoms with van der Waals surface area (Å²) in [7, 11) is -3.82. The highest BCUT2D eigenvalue weighted by molar-refractivity contribution is 7.92. The van der Waals surface area contributed by atoms with E-state index in [1.54, 1.807) is 12.1 Å². The van der Waals surface area contributed by atoms with E-state index in [4.69, 9.17) is 27.9 Å². The molecule has 156 valence electrons. The van der Waals surface area contributed by atoms with Crippen LogP contribution >= 0.6 is 23.2 Å². The molecule has 2 N–H and O–H groups in total. The van der Waals surface area contributed by atoms with Crippen LogP contribution in [0.25, 0.3) is 0 Å². The lowest BCUT2D eigenvalue weighted by Crippen LogP contribution is -2.38. The van der Waals surface area contributed by atoms with Crippen LogP contribution in [-0.4, -0.2) is 52.1 Å². The third-order valence-electron chi connectivity index (χ3n) is 4.32. The molecule has 7 nitrogen and oxygen atoms in total. The van der Waals surface area contributed by atoms with Gasteiger partial charge in [0.1, 0.15) is 0 Å². The molecule has 10 heteroatoms. The zero-order chi connectivity index (χ0) is 20.9. The number of hydrogen-bond donors (Lipinski definition) is 2. The molecule has 1 heterocycles. The van der Waals surface area contributed by atoms with E-state index in [0.29, 0.717) is 41.9 Å². The molecule has 0 atom stereocenters. The van der Waals surface area contributed by atoms with Gasteiger partial charge < -0.3 is 10.1 Å². The van der Waals surface area contributed by atoms with E-state index in [1.165, 1.54) is 30.3 Å². The Bertz CT molecular complexity index is 942. The summed E-state index contributed by atoms with van der Waals surface area (Å²) in [6, 6.07) is 10.4. The van der Waals surface area contributed by atoms with E-state index >= 15 is 0 Å². The zero-order valence-corrected chi connectivity index (χ0v) is 17.9. The molecule has 1 amide bonds. The van der Waals surface area contributed by atoms with Crippen LogP contribution in [0.4, 0.5) is 11.4 Å². The van der Waals surface area contributed by atoms with Crippen molar-refractivity contribution in [2.75, 3.05) is 42.9 Å². The number of sulfonamides is 1. The molecule has 0 aliphatic carbocycles. The predicted molar refractivity (Wildman–Crippen MR) is 114 cm³/mol. The number of amides is 1. The van der Waals surface area contributed by atoms with Gasteiger partial charge in [-0.15, -0.1) is 0 Å². The highest BCUT2D eigenvalue weighted by Crippen LogP contribution is 2.25. The second kappa shape index (κ2) is 9.77. The van der Waals surface area contributed by atoms with Gasteiger partial charge in [0.05, 0.1) is 23.8 Å². The third kappa shape index (κ3) is 6.58. The number of benzene rings is 2. The highest BCUT2D eigenvalue weighted by Gasteiger charge is 2.16. The van der Waals surface area contributed by atoms with Gasteiger partial charge in [-0.3, -0.25) is 14.4 Å². The molecule has 0 radical (unpaired) electrons. The fraction of sp³-hybridized carbons (Fsp3) is 0.316. The number of hydrogen-bond acceptors (Lipinski definition) is 5. The van der Waals surface area contributed by atoms with Gasteiger partial charge in [-0.05, 0) is 42.5 Å². The number of halogens is 2. The van der Waals surface area contributed by atoms with E-state index < -0.39 is 10.0 Å². The number of ether oxygens (including phenoxy) is 1. The lowest BCUT2D eigenvalue weighted by molar-refractivity contribution is -0.116. The molecule has 1 aliphatic heterocycles. The van der Waals surface area contributed by atoms with E-state index in [2.05, 4.69) is 14.9 Å². The summed E-state index contributed by atoms with van der Waals surface area (Å²) in [5, 5.41) is 3.43. The summed E-state index contributed by atoms with van der Waals surface area (Å²) in [6.45, 7) is 3.68. The summed E-state index contributed by atoms with van der Waals surface area (Å²) >= 11 is 11.8. The maximum absolute atomic E-state index is 12.5. The number of morpholine rings is 1. The van der Waals surface area contributed by atoms with Crippen molar-refractivity contribution >= 4 is 50.5 Å². The van der Waals surface area contributed by atoms with Crippen LogP contribution in [0, 0.1) is 0 Å². The number of nitrogens with one attached hydrogen (secondary N) is 2. The molecule has 2 aromatic rings. The van der Waals surface area contributed by atoms with Crippen LogP contribution in [0.15, 0.2) is 47.4 Å². The second-order valence-corrected chi connectivity index (χ2v) is 9.10. The van der Waals surface area contributed by atoms with Crippen LogP contribution < -0.4 is 10.0 Å². The van der Waals surface area contributed by atoms with Gasteiger partial charge in [0.2, 0.25) is 5.91 Å². The van der Waals surface area contributed by atoms with Gasteiger partial charge in [-0.25, -0.2) is 8.42 Å². The van der Waals surface area contributed by atoms with Crippen molar-refractivity contribution in [1.82, 2.24) is 4.90 Å². The second-order valence-electron chi connectivity index (χ2n) is 6.54. The Labute approximate surface area is 180 Å². The normalized spacial score (nSPS) is 15.1. The van der Waals surface area contributed by atoms with Crippen molar-refractivity contribution < 1.29 is 17.9 Å². The standard InChI is InChI=1S/C19H21Cl2N3O4S/c20-14-11-15(21)13-17(12-14)23-29(26,27)18-3-1-16(2-4-18)22-19(25)5-6-24-7-9-28-10-8-24/h1-4,11-13,23H,5-10H2,(H,22,25). The fourth-order valence-electron chi connectivity index (χ4n) is 2.85. The lowest BCUT2D eigenvalue weighted by Gasteiger charge is -2.26. The van der Waals surface area contributed by atoms with Crippen LogP contribution in [0.5, 0.6) is 0 Å². The van der Waals surface area contributed by atoms with Gasteiger partial charge >= 0.3 is 0 Å². The van der Waals surface area contributed by atoms with Gasteiger partial charge in [0.25, 0.3) is 10.0 Å². The molecule has 0 bridgehead atoms. The van der Waals surface area contributed by atoms with E-state index in [1.807, 2.05) is 0 Å². The monoisotopic (exact) mass is 457 g/mol. The van der Waals surface area contributed by atoms with E-state index in [0.717, 1.165) is 13.1 Å². The van der Waals surface area contributed by atoms with Crippen molar-refractivity contribution in [2.24, 2.45) is 0 Å². The first-order valence-corrected chi connectivity index (χ1v) is 11.2. The van der Waals surface area contributed by atoms with Crippen LogP contribution in [0.2, 0.25) is 10.0 Å². The Kier molecular flexibility index (Phi) is 7.37. The minimum atomic E-state index is -3.82. The predicted octanol–water partition coefficient (Wildman–Crippen LogP) is 3.46. The van der Waals surface area contributed by atoms with Crippen molar-refractivity contribution in [1.29, 1.82) is 0 Å². The Hall–Kier alpha value is -1.84. The third-order valence-corrected chi connectivity index (χ3v) is 6.16. The number of carbonyl (C=O) groups is 1. The van der Waals surface area contributed by atoms with Crippen LogP contribution in [0.1, 0.15) is 6.42 Å². The van der Waals surface area contributed by atoms with Crippen LogP contribution in [-0.2, 0) is 19.6 Å². The zero-order valence-electron chi connectivity index (χ0n) is 15.5. The molecule has 1 aliphatic rings. The number of nitrogens with zero attached hydrogens (tertiary/aromatic N) is 1. The molecule has 1 saturated heterocycles. The minimum Gasteiger partial charge on any atom is -0.379 e. The first-order valence-electron chi connectivity index (χ1n) is 9.01. The highest BCUT2D eigenvalue weighted by atomic mass is 35.5. The maximum atomic E-state index is 12.5. The maximum Gasteiger partial charge on any atom is 0.261 e. The molecule has 0 spiro atoms. The first-order chi connectivity index (χ1) is 13.8. The minimum absolute atomic E-state index is 0.0555. The molecule has 1 fully saturated rings. The summed E-state index contributed by atoms with van der Waals surface area (Å²) in [5.41, 5.74) is 0.796. The van der Waals surface area contributed by atoms with E-state index in [-0.39, 0.29) is 16.5 Å². The Morgan fingerprint density at radius 1 is 1.00 bits per heavy atom. The fourth-order valence-corrected chi connectivity index (χ4v) is 4.42. The summed E-state index contributed by atoms with van der Waals surface area (Å²) in [5.74, 6) is -0.126. The number of anilines is 2. The average molecular weight is 458 g/mol. The molecule has 0 aromatic heterocycles.